The van der Waals surface area contributed by atoms with Crippen LogP contribution in [0, 0.1) is 0 Å². The number of nitrogens with two attached hydrogens (primary N) is 1. The number of hydrogen-bond donors (Lipinski definition) is 1. The molecule has 3 unspecified atom stereocenters. The summed E-state index contributed by atoms with van der Waals surface area (Å²) in [4.78, 5) is 5.11. The van der Waals surface area contributed by atoms with Crippen molar-refractivity contribution < 1.29 is 0 Å². The Kier molecular flexibility index (Phi) is 4.43. The summed E-state index contributed by atoms with van der Waals surface area (Å²) in [5.74, 6) is 0. The van der Waals surface area contributed by atoms with Crippen LogP contribution in [0.5, 0.6) is 0 Å². The molecule has 116 valence electrons. The molecule has 3 rings (SSSR count). The van der Waals surface area contributed by atoms with Crippen LogP contribution in [0.15, 0.2) is 18.2 Å². The Balaban J connectivity index is 1.87. The Morgan fingerprint density at radius 1 is 1.29 bits per heavy atom. The van der Waals surface area contributed by atoms with Crippen LogP contribution >= 0.6 is 11.6 Å². The monoisotopic (exact) mass is 307 g/mol. The Hall–Kier alpha value is -0.770. The fourth-order valence-corrected chi connectivity index (χ4v) is 4.04. The Morgan fingerprint density at radius 3 is 2.81 bits per heavy atom. The van der Waals surface area contributed by atoms with Gasteiger partial charge in [-0.15, -0.1) is 0 Å². The molecule has 2 N–H and O–H groups in total. The number of likely N-dealkylation sites (N-methyl/N-ethyl adjacent to an activating group) is 1. The van der Waals surface area contributed by atoms with Crippen LogP contribution in [-0.2, 0) is 6.42 Å². The maximum absolute atomic E-state index is 6.25. The third-order valence-electron chi connectivity index (χ3n) is 5.08. The summed E-state index contributed by atoms with van der Waals surface area (Å²) in [6.45, 7) is 4.30. The molecule has 3 atom stereocenters. The predicted octanol–water partition coefficient (Wildman–Crippen LogP) is 2.90. The van der Waals surface area contributed by atoms with Crippen LogP contribution in [0.3, 0.4) is 0 Å². The van der Waals surface area contributed by atoms with Crippen molar-refractivity contribution in [2.45, 2.75) is 50.7 Å². The van der Waals surface area contributed by atoms with Gasteiger partial charge in [-0.2, -0.15) is 0 Å². The predicted molar refractivity (Wildman–Crippen MR) is 90.2 cm³/mol. The Morgan fingerprint density at radius 2 is 2.05 bits per heavy atom. The molecule has 1 aromatic carbocycles. The highest BCUT2D eigenvalue weighted by atomic mass is 35.5. The lowest BCUT2D eigenvalue weighted by molar-refractivity contribution is 0.254. The molecule has 2 aliphatic rings. The average molecular weight is 308 g/mol. The highest BCUT2D eigenvalue weighted by Crippen LogP contribution is 2.33. The van der Waals surface area contributed by atoms with Crippen molar-refractivity contribution >= 4 is 17.3 Å². The van der Waals surface area contributed by atoms with E-state index in [0.29, 0.717) is 6.04 Å². The number of benzene rings is 1. The molecule has 21 heavy (non-hydrogen) atoms. The summed E-state index contributed by atoms with van der Waals surface area (Å²) in [5, 5.41) is 0.821. The molecule has 0 spiro atoms. The normalized spacial score (nSPS) is 27.7. The molecule has 2 saturated heterocycles. The Bertz CT molecular complexity index is 503. The van der Waals surface area contributed by atoms with Gasteiger partial charge in [-0.05, 0) is 57.4 Å². The van der Waals surface area contributed by atoms with Crippen LogP contribution in [0.4, 0.5) is 5.69 Å². The van der Waals surface area contributed by atoms with Gasteiger partial charge in [-0.1, -0.05) is 17.7 Å². The first-order valence-corrected chi connectivity index (χ1v) is 8.43. The first-order valence-electron chi connectivity index (χ1n) is 8.05. The van der Waals surface area contributed by atoms with E-state index in [-0.39, 0.29) is 6.04 Å². The van der Waals surface area contributed by atoms with Gasteiger partial charge >= 0.3 is 0 Å². The van der Waals surface area contributed by atoms with Crippen LogP contribution in [0.1, 0.15) is 31.7 Å². The molecule has 0 radical (unpaired) electrons. The summed E-state index contributed by atoms with van der Waals surface area (Å²) in [5.41, 5.74) is 8.64. The van der Waals surface area contributed by atoms with E-state index < -0.39 is 0 Å². The zero-order valence-corrected chi connectivity index (χ0v) is 13.8. The van der Waals surface area contributed by atoms with E-state index in [1.165, 1.54) is 30.5 Å². The van der Waals surface area contributed by atoms with Crippen molar-refractivity contribution in [3.05, 3.63) is 28.8 Å². The molecule has 4 heteroatoms. The summed E-state index contributed by atoms with van der Waals surface area (Å²) in [6.07, 6.45) is 4.84. The second kappa shape index (κ2) is 6.15. The largest absolute Gasteiger partial charge is 0.370 e. The van der Waals surface area contributed by atoms with E-state index in [4.69, 9.17) is 17.3 Å². The van der Waals surface area contributed by atoms with Crippen molar-refractivity contribution in [3.63, 3.8) is 0 Å². The van der Waals surface area contributed by atoms with Crippen molar-refractivity contribution in [1.82, 2.24) is 4.90 Å². The summed E-state index contributed by atoms with van der Waals surface area (Å²) in [7, 11) is 2.28. The minimum atomic E-state index is 0.177. The SMILES string of the molecule is CC(N)Cc1ccc(Cl)cc1N1CCC2CCC(C1)N2C. The minimum absolute atomic E-state index is 0.177. The number of hydrogen-bond acceptors (Lipinski definition) is 3. The van der Waals surface area contributed by atoms with Gasteiger partial charge in [0.15, 0.2) is 0 Å². The third-order valence-corrected chi connectivity index (χ3v) is 5.31. The van der Waals surface area contributed by atoms with E-state index in [1.807, 2.05) is 6.07 Å². The Labute approximate surface area is 133 Å². The van der Waals surface area contributed by atoms with Gasteiger partial charge in [-0.25, -0.2) is 0 Å². The van der Waals surface area contributed by atoms with Gasteiger partial charge < -0.3 is 10.6 Å². The molecule has 0 aromatic heterocycles. The van der Waals surface area contributed by atoms with Gasteiger partial charge in [0, 0.05) is 41.9 Å². The maximum Gasteiger partial charge on any atom is 0.0426 e. The highest BCUT2D eigenvalue weighted by molar-refractivity contribution is 6.30. The maximum atomic E-state index is 6.25. The summed E-state index contributed by atoms with van der Waals surface area (Å²) < 4.78 is 0. The molecule has 2 aliphatic heterocycles. The number of halogens is 1. The van der Waals surface area contributed by atoms with E-state index in [9.17, 15) is 0 Å². The van der Waals surface area contributed by atoms with Crippen LogP contribution in [0.25, 0.3) is 0 Å². The lowest BCUT2D eigenvalue weighted by Gasteiger charge is -2.30. The lowest BCUT2D eigenvalue weighted by Crippen LogP contribution is -2.37. The number of fused-ring (bicyclic) bond motifs is 2. The van der Waals surface area contributed by atoms with Crippen molar-refractivity contribution in [2.24, 2.45) is 5.73 Å². The van der Waals surface area contributed by atoms with Crippen molar-refractivity contribution in [3.8, 4) is 0 Å². The third kappa shape index (κ3) is 3.20. The second-order valence-corrected chi connectivity index (χ2v) is 7.18. The van der Waals surface area contributed by atoms with E-state index in [2.05, 4.69) is 35.9 Å². The first kappa shape index (κ1) is 15.1. The van der Waals surface area contributed by atoms with Gasteiger partial charge in [0.2, 0.25) is 0 Å². The molecule has 2 fully saturated rings. The summed E-state index contributed by atoms with van der Waals surface area (Å²) in [6, 6.07) is 7.87. The van der Waals surface area contributed by atoms with Gasteiger partial charge in [0.1, 0.15) is 0 Å². The van der Waals surface area contributed by atoms with Crippen LogP contribution in [0.2, 0.25) is 5.02 Å². The van der Waals surface area contributed by atoms with Crippen molar-refractivity contribution in [2.75, 3.05) is 25.0 Å². The molecular weight excluding hydrogens is 282 g/mol. The number of anilines is 1. The van der Waals surface area contributed by atoms with E-state index >= 15 is 0 Å². The molecule has 0 aliphatic carbocycles. The van der Waals surface area contributed by atoms with Gasteiger partial charge in [-0.3, -0.25) is 4.90 Å². The molecule has 2 bridgehead atoms. The summed E-state index contributed by atoms with van der Waals surface area (Å²) >= 11 is 6.25. The van der Waals surface area contributed by atoms with Crippen molar-refractivity contribution in [1.29, 1.82) is 0 Å². The lowest BCUT2D eigenvalue weighted by atomic mass is 10.0. The zero-order chi connectivity index (χ0) is 15.0. The smallest absolute Gasteiger partial charge is 0.0426 e. The average Bonchev–Trinajstić information content (AvgIpc) is 2.65. The van der Waals surface area contributed by atoms with Gasteiger partial charge in [0.25, 0.3) is 0 Å². The van der Waals surface area contributed by atoms with Crippen LogP contribution in [-0.4, -0.2) is 43.2 Å². The fourth-order valence-electron chi connectivity index (χ4n) is 3.88. The van der Waals surface area contributed by atoms with Crippen LogP contribution < -0.4 is 10.6 Å². The molecule has 0 saturated carbocycles. The first-order chi connectivity index (χ1) is 10.0. The van der Waals surface area contributed by atoms with E-state index in [0.717, 1.165) is 30.6 Å². The second-order valence-electron chi connectivity index (χ2n) is 6.74. The molecule has 3 nitrogen and oxygen atoms in total. The topological polar surface area (TPSA) is 32.5 Å². The number of rotatable bonds is 3. The van der Waals surface area contributed by atoms with E-state index in [1.54, 1.807) is 0 Å². The number of nitrogens with zero attached hydrogens (tertiary/aromatic N) is 2. The molecular formula is C17H26ClN3. The molecule has 0 amide bonds. The zero-order valence-electron chi connectivity index (χ0n) is 13.1. The quantitative estimate of drug-likeness (QED) is 0.932. The molecule has 1 aromatic rings. The van der Waals surface area contributed by atoms with Gasteiger partial charge in [0.05, 0.1) is 0 Å². The standard InChI is InChI=1S/C17H26ClN3/c1-12(19)9-13-3-4-14(18)10-17(13)21-8-7-15-5-6-16(11-21)20(15)2/h3-4,10,12,15-16H,5-9,11,19H2,1-2H3. The fraction of sp³-hybridized carbons (Fsp3) is 0.647. The highest BCUT2D eigenvalue weighted by Gasteiger charge is 2.35. The minimum Gasteiger partial charge on any atom is -0.370 e. The molecule has 2 heterocycles.